The lowest BCUT2D eigenvalue weighted by Crippen LogP contribution is -2.50. The Labute approximate surface area is 123 Å². The van der Waals surface area contributed by atoms with Gasteiger partial charge in [0.25, 0.3) is 0 Å². The molecule has 1 unspecified atom stereocenters. The zero-order valence-electron chi connectivity index (χ0n) is 11.9. The van der Waals surface area contributed by atoms with Gasteiger partial charge in [-0.3, -0.25) is 4.90 Å². The highest BCUT2D eigenvalue weighted by Gasteiger charge is 2.31. The Bertz CT molecular complexity index is 623. The third-order valence-electron chi connectivity index (χ3n) is 4.59. The monoisotopic (exact) mass is 288 g/mol. The highest BCUT2D eigenvalue weighted by atomic mass is 32.1. The van der Waals surface area contributed by atoms with E-state index in [1.165, 1.54) is 36.2 Å². The van der Waals surface area contributed by atoms with Crippen LogP contribution in [0.1, 0.15) is 24.6 Å². The summed E-state index contributed by atoms with van der Waals surface area (Å²) in [6.45, 7) is 6.90. The smallest absolute Gasteiger partial charge is 0.140 e. The normalized spacial score (nSPS) is 23.4. The standard InChI is InChI=1S/C15H20N4S/c1-2-12-8-13-14(16-10-17-15(13)20-12)19-7-6-18-5-3-4-11(18)9-19/h8,10-11H,2-7,9H2,1H3. The minimum absolute atomic E-state index is 0.734. The summed E-state index contributed by atoms with van der Waals surface area (Å²) in [5.74, 6) is 1.15. The van der Waals surface area contributed by atoms with E-state index in [4.69, 9.17) is 0 Å². The number of thiophene rings is 1. The predicted molar refractivity (Wildman–Crippen MR) is 83.6 cm³/mol. The van der Waals surface area contributed by atoms with E-state index in [2.05, 4.69) is 32.8 Å². The van der Waals surface area contributed by atoms with Crippen molar-refractivity contribution in [1.82, 2.24) is 14.9 Å². The largest absolute Gasteiger partial charge is 0.353 e. The topological polar surface area (TPSA) is 32.3 Å². The summed E-state index contributed by atoms with van der Waals surface area (Å²) < 4.78 is 0. The van der Waals surface area contributed by atoms with Gasteiger partial charge in [0, 0.05) is 30.6 Å². The van der Waals surface area contributed by atoms with Crippen LogP contribution < -0.4 is 4.90 Å². The van der Waals surface area contributed by atoms with Crippen LogP contribution in [0.15, 0.2) is 12.4 Å². The minimum Gasteiger partial charge on any atom is -0.353 e. The van der Waals surface area contributed by atoms with E-state index in [9.17, 15) is 0 Å². The zero-order valence-corrected chi connectivity index (χ0v) is 12.7. The number of aryl methyl sites for hydroxylation is 1. The van der Waals surface area contributed by atoms with Gasteiger partial charge < -0.3 is 4.90 Å². The number of rotatable bonds is 2. The van der Waals surface area contributed by atoms with Crippen LogP contribution in [0, 0.1) is 0 Å². The number of aromatic nitrogens is 2. The first-order chi connectivity index (χ1) is 9.85. The Kier molecular flexibility index (Phi) is 3.11. The van der Waals surface area contributed by atoms with Gasteiger partial charge in [0.1, 0.15) is 17.0 Å². The molecule has 4 nitrogen and oxygen atoms in total. The van der Waals surface area contributed by atoms with E-state index in [0.717, 1.165) is 36.2 Å². The predicted octanol–water partition coefficient (Wildman–Crippen LogP) is 2.54. The Morgan fingerprint density at radius 2 is 2.25 bits per heavy atom. The average Bonchev–Trinajstić information content (AvgIpc) is 3.11. The Balaban J connectivity index is 1.69. The fourth-order valence-electron chi connectivity index (χ4n) is 3.50. The number of piperazine rings is 1. The molecule has 2 fully saturated rings. The molecule has 2 aliphatic heterocycles. The first kappa shape index (κ1) is 12.5. The van der Waals surface area contributed by atoms with E-state index in [1.807, 2.05) is 0 Å². The third-order valence-corrected chi connectivity index (χ3v) is 5.78. The molecule has 0 N–H and O–H groups in total. The van der Waals surface area contributed by atoms with E-state index < -0.39 is 0 Å². The van der Waals surface area contributed by atoms with Crippen LogP contribution in [0.2, 0.25) is 0 Å². The van der Waals surface area contributed by atoms with E-state index >= 15 is 0 Å². The van der Waals surface area contributed by atoms with Crippen LogP contribution in [0.5, 0.6) is 0 Å². The Morgan fingerprint density at radius 3 is 3.15 bits per heavy atom. The van der Waals surface area contributed by atoms with Crippen molar-refractivity contribution in [1.29, 1.82) is 0 Å². The summed E-state index contributed by atoms with van der Waals surface area (Å²) >= 11 is 1.81. The lowest BCUT2D eigenvalue weighted by Gasteiger charge is -2.38. The van der Waals surface area contributed by atoms with Crippen LogP contribution >= 0.6 is 11.3 Å². The molecule has 2 saturated heterocycles. The average molecular weight is 288 g/mol. The van der Waals surface area contributed by atoms with Gasteiger partial charge in [-0.1, -0.05) is 6.92 Å². The van der Waals surface area contributed by atoms with Gasteiger partial charge in [0.05, 0.1) is 5.39 Å². The van der Waals surface area contributed by atoms with Crippen molar-refractivity contribution in [2.45, 2.75) is 32.2 Å². The van der Waals surface area contributed by atoms with Crippen molar-refractivity contribution in [2.75, 3.05) is 31.1 Å². The van der Waals surface area contributed by atoms with Gasteiger partial charge in [-0.05, 0) is 31.9 Å². The Morgan fingerprint density at radius 1 is 1.30 bits per heavy atom. The molecular formula is C15H20N4S. The fraction of sp³-hybridized carbons (Fsp3) is 0.600. The highest BCUT2D eigenvalue weighted by molar-refractivity contribution is 7.18. The molecule has 1 atom stereocenters. The zero-order chi connectivity index (χ0) is 13.5. The SMILES string of the molecule is CCc1cc2c(N3CCN4CCCC4C3)ncnc2s1. The summed E-state index contributed by atoms with van der Waals surface area (Å²) in [5, 5.41) is 1.25. The lowest BCUT2D eigenvalue weighted by molar-refractivity contribution is 0.230. The van der Waals surface area contributed by atoms with E-state index in [0.29, 0.717) is 0 Å². The molecule has 106 valence electrons. The molecular weight excluding hydrogens is 268 g/mol. The van der Waals surface area contributed by atoms with Gasteiger partial charge in [-0.2, -0.15) is 0 Å². The Hall–Kier alpha value is -1.20. The van der Waals surface area contributed by atoms with Gasteiger partial charge in [-0.15, -0.1) is 11.3 Å². The summed E-state index contributed by atoms with van der Waals surface area (Å²) in [6.07, 6.45) is 5.51. The van der Waals surface area contributed by atoms with Crippen LogP contribution in [0.4, 0.5) is 5.82 Å². The third kappa shape index (κ3) is 2.00. The number of fused-ring (bicyclic) bond motifs is 2. The molecule has 20 heavy (non-hydrogen) atoms. The number of hydrogen-bond acceptors (Lipinski definition) is 5. The van der Waals surface area contributed by atoms with Gasteiger partial charge >= 0.3 is 0 Å². The summed E-state index contributed by atoms with van der Waals surface area (Å²) in [5.41, 5.74) is 0. The van der Waals surface area contributed by atoms with E-state index in [-0.39, 0.29) is 0 Å². The molecule has 0 aromatic carbocycles. The maximum absolute atomic E-state index is 4.60. The second kappa shape index (κ2) is 4.97. The summed E-state index contributed by atoms with van der Waals surface area (Å²) in [7, 11) is 0. The van der Waals surface area contributed by atoms with Crippen LogP contribution in [0.25, 0.3) is 10.2 Å². The molecule has 0 bridgehead atoms. The van der Waals surface area contributed by atoms with Crippen molar-refractivity contribution < 1.29 is 0 Å². The van der Waals surface area contributed by atoms with Gasteiger partial charge in [-0.25, -0.2) is 9.97 Å². The quantitative estimate of drug-likeness (QED) is 0.850. The van der Waals surface area contributed by atoms with E-state index in [1.54, 1.807) is 17.7 Å². The fourth-order valence-corrected chi connectivity index (χ4v) is 4.43. The van der Waals surface area contributed by atoms with Crippen molar-refractivity contribution >= 4 is 27.4 Å². The molecule has 0 amide bonds. The molecule has 0 saturated carbocycles. The van der Waals surface area contributed by atoms with Crippen molar-refractivity contribution in [3.63, 3.8) is 0 Å². The van der Waals surface area contributed by atoms with Crippen molar-refractivity contribution in [3.8, 4) is 0 Å². The number of hydrogen-bond donors (Lipinski definition) is 0. The molecule has 4 heterocycles. The minimum atomic E-state index is 0.734. The number of nitrogens with zero attached hydrogens (tertiary/aromatic N) is 4. The summed E-state index contributed by atoms with van der Waals surface area (Å²) in [6, 6.07) is 3.02. The summed E-state index contributed by atoms with van der Waals surface area (Å²) in [4.78, 5) is 16.7. The molecule has 0 aliphatic carbocycles. The molecule has 2 aromatic heterocycles. The lowest BCUT2D eigenvalue weighted by atomic mass is 10.1. The van der Waals surface area contributed by atoms with Gasteiger partial charge in [0.15, 0.2) is 0 Å². The highest BCUT2D eigenvalue weighted by Crippen LogP contribution is 2.32. The first-order valence-corrected chi connectivity index (χ1v) is 8.39. The maximum atomic E-state index is 4.60. The molecule has 2 aromatic rings. The molecule has 4 rings (SSSR count). The van der Waals surface area contributed by atoms with Gasteiger partial charge in [0.2, 0.25) is 0 Å². The second-order valence-corrected chi connectivity index (χ2v) is 6.88. The molecule has 0 spiro atoms. The number of anilines is 1. The van der Waals surface area contributed by atoms with Crippen LogP contribution in [0.3, 0.4) is 0 Å². The molecule has 5 heteroatoms. The van der Waals surface area contributed by atoms with Crippen molar-refractivity contribution in [3.05, 3.63) is 17.3 Å². The maximum Gasteiger partial charge on any atom is 0.140 e. The first-order valence-electron chi connectivity index (χ1n) is 7.57. The van der Waals surface area contributed by atoms with Crippen molar-refractivity contribution in [2.24, 2.45) is 0 Å². The van der Waals surface area contributed by atoms with Crippen LogP contribution in [-0.2, 0) is 6.42 Å². The molecule has 2 aliphatic rings. The molecule has 0 radical (unpaired) electrons. The second-order valence-electron chi connectivity index (χ2n) is 5.76. The van der Waals surface area contributed by atoms with Crippen LogP contribution in [-0.4, -0.2) is 47.1 Å².